The number of benzene rings is 7. The first-order chi connectivity index (χ1) is 26.8. The summed E-state index contributed by atoms with van der Waals surface area (Å²) in [6, 6.07) is 38.7. The zero-order chi connectivity index (χ0) is 37.4. The van der Waals surface area contributed by atoms with E-state index in [0.717, 1.165) is 38.2 Å². The van der Waals surface area contributed by atoms with E-state index in [4.69, 9.17) is 35.6 Å². The highest BCUT2D eigenvalue weighted by molar-refractivity contribution is 6.12. The maximum atomic E-state index is 8.78. The molecule has 6 heteroatoms. The molecule has 0 aliphatic rings. The first-order valence-electron chi connectivity index (χ1n) is 18.6. The van der Waals surface area contributed by atoms with Crippen LogP contribution < -0.4 is 0 Å². The van der Waals surface area contributed by atoms with Gasteiger partial charge in [-0.25, -0.2) is 19.9 Å². The molecule has 0 fully saturated rings. The number of hydrogen-bond donors (Lipinski definition) is 0. The molecule has 3 heterocycles. The van der Waals surface area contributed by atoms with Crippen LogP contribution in [0.2, 0.25) is 0 Å². The SMILES string of the molecule is [2H]c1c([2H])c([2H])c(-c2nc(-c3cccc(-c4cc5nc(-c6ccccc6)oc5c5ccccc45)c3)nc(-c3cccc4oc5ccccc5c34)n2)c([2H])c1[2H]. The van der Waals surface area contributed by atoms with E-state index in [-0.39, 0.29) is 23.0 Å². The first kappa shape index (κ1) is 23.4. The Kier molecular flexibility index (Phi) is 5.32. The average Bonchev–Trinajstić information content (AvgIpc) is 3.85. The lowest BCUT2D eigenvalue weighted by molar-refractivity contribution is 0.623. The van der Waals surface area contributed by atoms with E-state index in [2.05, 4.69) is 6.07 Å². The Hall–Kier alpha value is -6.92. The second-order valence-electron chi connectivity index (χ2n) is 11.9. The normalized spacial score (nSPS) is 13.0. The number of aromatic nitrogens is 4. The van der Waals surface area contributed by atoms with E-state index in [9.17, 15) is 0 Å². The van der Waals surface area contributed by atoms with Gasteiger partial charge in [0.25, 0.3) is 0 Å². The van der Waals surface area contributed by atoms with Crippen molar-refractivity contribution >= 4 is 43.8 Å². The van der Waals surface area contributed by atoms with Gasteiger partial charge < -0.3 is 8.83 Å². The van der Waals surface area contributed by atoms with Gasteiger partial charge in [0.1, 0.15) is 16.7 Å². The van der Waals surface area contributed by atoms with Crippen LogP contribution in [0, 0.1) is 0 Å². The van der Waals surface area contributed by atoms with Gasteiger partial charge in [-0.2, -0.15) is 0 Å². The van der Waals surface area contributed by atoms with Crippen molar-refractivity contribution in [1.29, 1.82) is 0 Å². The van der Waals surface area contributed by atoms with Gasteiger partial charge in [-0.1, -0.05) is 121 Å². The molecule has 0 radical (unpaired) electrons. The molecule has 0 atom stereocenters. The van der Waals surface area contributed by atoms with E-state index in [1.807, 2.05) is 121 Å². The van der Waals surface area contributed by atoms with Gasteiger partial charge in [-0.3, -0.25) is 0 Å². The van der Waals surface area contributed by atoms with E-state index in [1.165, 1.54) is 0 Å². The minimum atomic E-state index is -0.497. The van der Waals surface area contributed by atoms with Crippen LogP contribution in [0.4, 0.5) is 0 Å². The lowest BCUT2D eigenvalue weighted by Crippen LogP contribution is -2.00. The Bertz CT molecular complexity index is 3150. The zero-order valence-electron chi connectivity index (χ0n) is 31.2. The summed E-state index contributed by atoms with van der Waals surface area (Å²) in [5.74, 6) is 1.01. The molecule has 0 saturated carbocycles. The molecule has 0 bridgehead atoms. The third-order valence-electron chi connectivity index (χ3n) is 8.85. The minimum absolute atomic E-state index is 0.0462. The molecule has 234 valence electrons. The molecule has 0 N–H and O–H groups in total. The summed E-state index contributed by atoms with van der Waals surface area (Å²) < 4.78 is 55.0. The number of furan rings is 1. The largest absolute Gasteiger partial charge is 0.456 e. The number of hydrogen-bond acceptors (Lipinski definition) is 6. The van der Waals surface area contributed by atoms with E-state index >= 15 is 0 Å². The molecule has 7 aromatic carbocycles. The topological polar surface area (TPSA) is 77.8 Å². The maximum absolute atomic E-state index is 8.78. The summed E-state index contributed by atoms with van der Waals surface area (Å²) in [7, 11) is 0. The summed E-state index contributed by atoms with van der Waals surface area (Å²) in [6.07, 6.45) is 0. The van der Waals surface area contributed by atoms with Crippen molar-refractivity contribution < 1.29 is 15.7 Å². The number of oxazole rings is 1. The third kappa shape index (κ3) is 4.65. The van der Waals surface area contributed by atoms with Gasteiger partial charge in [0.05, 0.1) is 6.85 Å². The van der Waals surface area contributed by atoms with Crippen molar-refractivity contribution in [2.24, 2.45) is 0 Å². The molecule has 3 aromatic heterocycles. The van der Waals surface area contributed by atoms with Crippen molar-refractivity contribution in [1.82, 2.24) is 19.9 Å². The van der Waals surface area contributed by atoms with Gasteiger partial charge in [-0.15, -0.1) is 0 Å². The van der Waals surface area contributed by atoms with Crippen molar-refractivity contribution in [2.45, 2.75) is 0 Å². The molecule has 0 amide bonds. The molecule has 10 rings (SSSR count). The lowest BCUT2D eigenvalue weighted by atomic mass is 9.96. The Labute approximate surface area is 293 Å². The predicted octanol–water partition coefficient (Wildman–Crippen LogP) is 11.4. The third-order valence-corrected chi connectivity index (χ3v) is 8.85. The highest BCUT2D eigenvalue weighted by Gasteiger charge is 2.19. The lowest BCUT2D eigenvalue weighted by Gasteiger charge is -2.11. The summed E-state index contributed by atoms with van der Waals surface area (Å²) >= 11 is 0. The van der Waals surface area contributed by atoms with Gasteiger partial charge in [0.2, 0.25) is 5.89 Å². The highest BCUT2D eigenvalue weighted by atomic mass is 16.3. The number of nitrogens with zero attached hydrogens (tertiary/aromatic N) is 4. The fourth-order valence-electron chi connectivity index (χ4n) is 6.58. The molecular formula is C44H26N4O2. The van der Waals surface area contributed by atoms with Crippen LogP contribution in [0.1, 0.15) is 6.85 Å². The van der Waals surface area contributed by atoms with Crippen LogP contribution in [-0.4, -0.2) is 19.9 Å². The van der Waals surface area contributed by atoms with Crippen LogP contribution in [0.5, 0.6) is 0 Å². The summed E-state index contributed by atoms with van der Waals surface area (Å²) in [5, 5.41) is 3.55. The summed E-state index contributed by atoms with van der Waals surface area (Å²) in [6.45, 7) is 0. The molecule has 6 nitrogen and oxygen atoms in total. The first-order valence-corrected chi connectivity index (χ1v) is 16.1. The average molecular weight is 648 g/mol. The van der Waals surface area contributed by atoms with Crippen molar-refractivity contribution in [3.8, 4) is 56.7 Å². The fourth-order valence-corrected chi connectivity index (χ4v) is 6.58. The minimum Gasteiger partial charge on any atom is -0.456 e. The Balaban J connectivity index is 1.20. The molecular weight excluding hydrogens is 617 g/mol. The zero-order valence-corrected chi connectivity index (χ0v) is 26.2. The Morgan fingerprint density at radius 3 is 1.96 bits per heavy atom. The molecule has 10 aromatic rings. The van der Waals surface area contributed by atoms with Gasteiger partial charge >= 0.3 is 0 Å². The van der Waals surface area contributed by atoms with Crippen LogP contribution >= 0.6 is 0 Å². The van der Waals surface area contributed by atoms with Crippen LogP contribution in [0.15, 0.2) is 166 Å². The summed E-state index contributed by atoms with van der Waals surface area (Å²) in [5.41, 5.74) is 6.58. The molecule has 0 aliphatic heterocycles. The molecule has 0 unspecified atom stereocenters. The monoisotopic (exact) mass is 647 g/mol. The number of rotatable bonds is 5. The number of para-hydroxylation sites is 1. The van der Waals surface area contributed by atoms with E-state index in [1.54, 1.807) is 0 Å². The number of fused-ring (bicyclic) bond motifs is 6. The van der Waals surface area contributed by atoms with E-state index < -0.39 is 30.2 Å². The molecule has 0 spiro atoms. The maximum Gasteiger partial charge on any atom is 0.227 e. The smallest absolute Gasteiger partial charge is 0.227 e. The Morgan fingerprint density at radius 1 is 0.440 bits per heavy atom. The van der Waals surface area contributed by atoms with Gasteiger partial charge in [0.15, 0.2) is 23.1 Å². The van der Waals surface area contributed by atoms with Crippen LogP contribution in [-0.2, 0) is 0 Å². The molecule has 0 aliphatic carbocycles. The van der Waals surface area contributed by atoms with Crippen molar-refractivity contribution in [2.75, 3.05) is 0 Å². The molecule has 0 saturated heterocycles. The Morgan fingerprint density at radius 2 is 1.10 bits per heavy atom. The second kappa shape index (κ2) is 11.4. The predicted molar refractivity (Wildman–Crippen MR) is 199 cm³/mol. The standard InChI is InChI=1S/C44H26N4O2/c1-3-13-27(14-4-1)41-46-42(48-43(47-41)34-22-12-24-38-39(34)33-21-9-10-23-37(33)49-38)30-18-11-17-29(25-30)35-26-36-40(32-20-8-7-19-31(32)35)50-44(45-36)28-15-5-2-6-16-28/h1-26H/i1D,3D,4D,13D,14D. The quantitative estimate of drug-likeness (QED) is 0.185. The van der Waals surface area contributed by atoms with E-state index in [0.29, 0.717) is 39.3 Å². The fraction of sp³-hybridized carbons (Fsp3) is 0. The second-order valence-corrected chi connectivity index (χ2v) is 11.9. The van der Waals surface area contributed by atoms with Crippen LogP contribution in [0.25, 0.3) is 101 Å². The molecule has 50 heavy (non-hydrogen) atoms. The summed E-state index contributed by atoms with van der Waals surface area (Å²) in [4.78, 5) is 19.5. The van der Waals surface area contributed by atoms with Crippen molar-refractivity contribution in [3.05, 3.63) is 158 Å². The van der Waals surface area contributed by atoms with Crippen molar-refractivity contribution in [3.63, 3.8) is 0 Å². The van der Waals surface area contributed by atoms with Crippen LogP contribution in [0.3, 0.4) is 0 Å². The van der Waals surface area contributed by atoms with Gasteiger partial charge in [0, 0.05) is 38.4 Å². The van der Waals surface area contributed by atoms with Gasteiger partial charge in [-0.05, 0) is 52.9 Å². The highest BCUT2D eigenvalue weighted by Crippen LogP contribution is 2.39.